The zero-order valence-electron chi connectivity index (χ0n) is 19.4. The Morgan fingerprint density at radius 3 is 2.70 bits per heavy atom. The van der Waals surface area contributed by atoms with E-state index in [-0.39, 0.29) is 24.9 Å². The maximum absolute atomic E-state index is 14.1. The number of aliphatic hydroxyl groups excluding tert-OH is 2. The molecule has 4 atom stereocenters. The van der Waals surface area contributed by atoms with Crippen LogP contribution < -0.4 is 4.74 Å². The van der Waals surface area contributed by atoms with E-state index in [2.05, 4.69) is 9.84 Å². The summed E-state index contributed by atoms with van der Waals surface area (Å²) in [5.74, 6) is 0.00783. The molecule has 0 aliphatic carbocycles. The SMILES string of the molecule is COC(=O)OCC1O[C@@H](Oc2nn(C(C)C)c(C)c2Cc2ccc(C)c(F)c2)C[C@@H](O)[C@@H]1O. The van der Waals surface area contributed by atoms with E-state index >= 15 is 0 Å². The molecule has 1 unspecified atom stereocenters. The lowest BCUT2D eigenvalue weighted by Crippen LogP contribution is -2.51. The molecule has 1 aliphatic rings. The van der Waals surface area contributed by atoms with E-state index in [0.717, 1.165) is 23.9 Å². The first-order valence-electron chi connectivity index (χ1n) is 10.8. The van der Waals surface area contributed by atoms with Crippen LogP contribution in [0.4, 0.5) is 9.18 Å². The second-order valence-electron chi connectivity index (χ2n) is 8.45. The molecule has 1 saturated heterocycles. The molecule has 0 amide bonds. The summed E-state index contributed by atoms with van der Waals surface area (Å²) in [6.07, 6.45) is -4.93. The molecule has 2 aromatic rings. The van der Waals surface area contributed by atoms with Gasteiger partial charge in [-0.05, 0) is 44.9 Å². The van der Waals surface area contributed by atoms with Gasteiger partial charge in [-0.1, -0.05) is 12.1 Å². The molecule has 2 N–H and O–H groups in total. The number of halogens is 1. The van der Waals surface area contributed by atoms with E-state index in [1.807, 2.05) is 26.8 Å². The molecule has 2 heterocycles. The Bertz CT molecular complexity index is 978. The summed E-state index contributed by atoms with van der Waals surface area (Å²) in [4.78, 5) is 11.3. The van der Waals surface area contributed by atoms with Gasteiger partial charge in [0.15, 0.2) is 0 Å². The van der Waals surface area contributed by atoms with Crippen LogP contribution >= 0.6 is 0 Å². The van der Waals surface area contributed by atoms with Gasteiger partial charge in [-0.15, -0.1) is 5.10 Å². The summed E-state index contributed by atoms with van der Waals surface area (Å²) in [5.41, 5.74) is 2.95. The fraction of sp³-hybridized carbons (Fsp3) is 0.565. The first-order chi connectivity index (χ1) is 15.6. The van der Waals surface area contributed by atoms with Gasteiger partial charge in [0, 0.05) is 30.1 Å². The fourth-order valence-corrected chi connectivity index (χ4v) is 3.74. The Hall–Kier alpha value is -2.69. The monoisotopic (exact) mass is 466 g/mol. The highest BCUT2D eigenvalue weighted by Gasteiger charge is 2.39. The molecule has 1 aromatic carbocycles. The number of hydrogen-bond acceptors (Lipinski definition) is 8. The van der Waals surface area contributed by atoms with Crippen LogP contribution in [0.5, 0.6) is 5.88 Å². The summed E-state index contributed by atoms with van der Waals surface area (Å²) in [6, 6.07) is 5.12. The summed E-state index contributed by atoms with van der Waals surface area (Å²) in [6.45, 7) is 7.26. The molecule has 0 spiro atoms. The zero-order chi connectivity index (χ0) is 24.3. The minimum atomic E-state index is -1.26. The van der Waals surface area contributed by atoms with E-state index in [9.17, 15) is 19.4 Å². The van der Waals surface area contributed by atoms with Crippen LogP contribution in [0.2, 0.25) is 0 Å². The van der Waals surface area contributed by atoms with Crippen LogP contribution in [-0.4, -0.2) is 64.5 Å². The maximum atomic E-state index is 14.1. The van der Waals surface area contributed by atoms with Crippen molar-refractivity contribution in [3.8, 4) is 5.88 Å². The van der Waals surface area contributed by atoms with Crippen LogP contribution in [0.25, 0.3) is 0 Å². The second kappa shape index (κ2) is 10.5. The molecule has 0 saturated carbocycles. The van der Waals surface area contributed by atoms with Gasteiger partial charge >= 0.3 is 6.16 Å². The quantitative estimate of drug-likeness (QED) is 0.599. The third kappa shape index (κ3) is 5.82. The van der Waals surface area contributed by atoms with Crippen molar-refractivity contribution in [2.24, 2.45) is 0 Å². The van der Waals surface area contributed by atoms with Crippen molar-refractivity contribution in [1.29, 1.82) is 0 Å². The number of ether oxygens (including phenoxy) is 4. The number of aromatic nitrogens is 2. The van der Waals surface area contributed by atoms with Crippen molar-refractivity contribution in [1.82, 2.24) is 9.78 Å². The highest BCUT2D eigenvalue weighted by atomic mass is 19.1. The van der Waals surface area contributed by atoms with Crippen LogP contribution in [0.1, 0.15) is 48.7 Å². The molecule has 0 radical (unpaired) electrons. The molecule has 33 heavy (non-hydrogen) atoms. The third-order valence-corrected chi connectivity index (χ3v) is 5.65. The smallest absolute Gasteiger partial charge is 0.446 e. The Labute approximate surface area is 192 Å². The van der Waals surface area contributed by atoms with Crippen LogP contribution in [0.3, 0.4) is 0 Å². The Morgan fingerprint density at radius 2 is 2.06 bits per heavy atom. The number of carbonyl (C=O) groups excluding carboxylic acids is 1. The number of aryl methyl sites for hydroxylation is 1. The van der Waals surface area contributed by atoms with Crippen LogP contribution in [0.15, 0.2) is 18.2 Å². The summed E-state index contributed by atoms with van der Waals surface area (Å²) in [7, 11) is 1.16. The van der Waals surface area contributed by atoms with Crippen molar-refractivity contribution < 1.29 is 38.3 Å². The van der Waals surface area contributed by atoms with Crippen molar-refractivity contribution in [2.45, 2.75) is 71.2 Å². The third-order valence-electron chi connectivity index (χ3n) is 5.65. The minimum Gasteiger partial charge on any atom is -0.446 e. The number of nitrogens with zero attached hydrogens (tertiary/aromatic N) is 2. The van der Waals surface area contributed by atoms with Crippen LogP contribution in [-0.2, 0) is 20.6 Å². The van der Waals surface area contributed by atoms with Crippen molar-refractivity contribution in [2.75, 3.05) is 13.7 Å². The van der Waals surface area contributed by atoms with E-state index in [1.54, 1.807) is 17.7 Å². The van der Waals surface area contributed by atoms with Gasteiger partial charge in [-0.25, -0.2) is 9.18 Å². The molecular weight excluding hydrogens is 435 g/mol. The predicted octanol–water partition coefficient (Wildman–Crippen LogP) is 2.81. The number of benzene rings is 1. The van der Waals surface area contributed by atoms with E-state index < -0.39 is 30.8 Å². The molecule has 1 aromatic heterocycles. The van der Waals surface area contributed by atoms with Gasteiger partial charge in [0.05, 0.1) is 13.2 Å². The standard InChI is InChI=1S/C23H31FN2O7/c1-12(2)26-14(4)16(8-15-7-6-13(3)17(24)9-15)22(25-26)33-20-10-18(27)21(28)19(32-20)11-31-23(29)30-5/h6-7,9,12,18-21,27-28H,8,10-11H2,1-5H3/t18-,19?,20+,21+/m1/s1. The average molecular weight is 467 g/mol. The number of rotatable bonds is 7. The van der Waals surface area contributed by atoms with E-state index in [0.29, 0.717) is 17.9 Å². The average Bonchev–Trinajstić information content (AvgIpc) is 3.07. The van der Waals surface area contributed by atoms with E-state index in [4.69, 9.17) is 14.2 Å². The first kappa shape index (κ1) is 24.9. The van der Waals surface area contributed by atoms with E-state index in [1.165, 1.54) is 6.07 Å². The Balaban J connectivity index is 1.83. The Kier molecular flexibility index (Phi) is 7.93. The van der Waals surface area contributed by atoms with Crippen molar-refractivity contribution >= 4 is 6.16 Å². The van der Waals surface area contributed by atoms with Crippen molar-refractivity contribution in [3.05, 3.63) is 46.4 Å². The molecular formula is C23H31FN2O7. The Morgan fingerprint density at radius 1 is 1.33 bits per heavy atom. The minimum absolute atomic E-state index is 0.0118. The molecule has 182 valence electrons. The summed E-state index contributed by atoms with van der Waals surface area (Å²) < 4.78 is 36.9. The van der Waals surface area contributed by atoms with Gasteiger partial charge in [0.25, 0.3) is 0 Å². The van der Waals surface area contributed by atoms with Gasteiger partial charge < -0.3 is 29.2 Å². The molecule has 1 aliphatic heterocycles. The summed E-state index contributed by atoms with van der Waals surface area (Å²) in [5, 5.41) is 25.1. The number of carbonyl (C=O) groups is 1. The highest BCUT2D eigenvalue weighted by molar-refractivity contribution is 5.59. The molecule has 9 nitrogen and oxygen atoms in total. The van der Waals surface area contributed by atoms with Crippen LogP contribution in [0, 0.1) is 19.7 Å². The fourth-order valence-electron chi connectivity index (χ4n) is 3.74. The van der Waals surface area contributed by atoms with Gasteiger partial charge in [-0.3, -0.25) is 4.68 Å². The molecule has 10 heteroatoms. The van der Waals surface area contributed by atoms with Gasteiger partial charge in [0.1, 0.15) is 24.6 Å². The predicted molar refractivity (Wildman–Crippen MR) is 116 cm³/mol. The lowest BCUT2D eigenvalue weighted by Gasteiger charge is -2.36. The number of hydrogen-bond donors (Lipinski definition) is 2. The molecule has 1 fully saturated rings. The van der Waals surface area contributed by atoms with Gasteiger partial charge in [-0.2, -0.15) is 0 Å². The van der Waals surface area contributed by atoms with Gasteiger partial charge in [0.2, 0.25) is 12.2 Å². The number of aliphatic hydroxyl groups is 2. The number of methoxy groups -OCH3 is 1. The second-order valence-corrected chi connectivity index (χ2v) is 8.45. The lowest BCUT2D eigenvalue weighted by atomic mass is 10.0. The zero-order valence-corrected chi connectivity index (χ0v) is 19.4. The topological polar surface area (TPSA) is 112 Å². The first-order valence-corrected chi connectivity index (χ1v) is 10.8. The summed E-state index contributed by atoms with van der Waals surface area (Å²) >= 11 is 0. The normalized spacial score (nSPS) is 22.9. The largest absolute Gasteiger partial charge is 0.508 e. The highest BCUT2D eigenvalue weighted by Crippen LogP contribution is 2.30. The lowest BCUT2D eigenvalue weighted by molar-refractivity contribution is -0.231. The molecule has 0 bridgehead atoms. The van der Waals surface area contributed by atoms with Crippen molar-refractivity contribution in [3.63, 3.8) is 0 Å². The maximum Gasteiger partial charge on any atom is 0.508 e. The molecule has 3 rings (SSSR count).